The Balaban J connectivity index is 1.91. The van der Waals surface area contributed by atoms with Crippen molar-refractivity contribution in [2.45, 2.75) is 13.0 Å². The van der Waals surface area contributed by atoms with Gasteiger partial charge in [-0.15, -0.1) is 11.3 Å². The highest BCUT2D eigenvalue weighted by Crippen LogP contribution is 2.30. The number of nitrogen functional groups attached to an aromatic ring is 1. The van der Waals surface area contributed by atoms with Gasteiger partial charge in [0.15, 0.2) is 5.82 Å². The first-order valence-corrected chi connectivity index (χ1v) is 6.71. The van der Waals surface area contributed by atoms with E-state index in [1.807, 2.05) is 11.3 Å². The molecule has 0 aliphatic carbocycles. The number of hydrogen-bond acceptors (Lipinski definition) is 4. The largest absolute Gasteiger partial charge is 0.396 e. The van der Waals surface area contributed by atoms with E-state index in [4.69, 9.17) is 17.3 Å². The highest BCUT2D eigenvalue weighted by Gasteiger charge is 2.19. The zero-order valence-corrected chi connectivity index (χ0v) is 10.8. The van der Waals surface area contributed by atoms with Crippen LogP contribution in [-0.2, 0) is 13.0 Å². The summed E-state index contributed by atoms with van der Waals surface area (Å²) >= 11 is 7.69. The fourth-order valence-corrected chi connectivity index (χ4v) is 3.20. The number of anilines is 2. The van der Waals surface area contributed by atoms with Crippen LogP contribution in [0, 0.1) is 0 Å². The van der Waals surface area contributed by atoms with E-state index in [1.165, 1.54) is 10.4 Å². The smallest absolute Gasteiger partial charge is 0.152 e. The zero-order chi connectivity index (χ0) is 11.8. The number of pyridine rings is 1. The number of hydrogen-bond donors (Lipinski definition) is 1. The van der Waals surface area contributed by atoms with Crippen molar-refractivity contribution in [3.63, 3.8) is 0 Å². The molecule has 2 aromatic rings. The van der Waals surface area contributed by atoms with E-state index in [0.29, 0.717) is 10.7 Å². The molecule has 88 valence electrons. The standard InChI is InChI=1S/C12H12ClN3S/c13-9-5-10(14)12(15-6-9)16-3-1-11-8(7-16)2-4-17-11/h2,4-6H,1,3,7,14H2. The van der Waals surface area contributed by atoms with Crippen molar-refractivity contribution in [2.24, 2.45) is 0 Å². The number of fused-ring (bicyclic) bond motifs is 1. The van der Waals surface area contributed by atoms with Crippen LogP contribution >= 0.6 is 22.9 Å². The second kappa shape index (κ2) is 4.20. The van der Waals surface area contributed by atoms with Crippen LogP contribution < -0.4 is 10.6 Å². The number of aromatic nitrogens is 1. The SMILES string of the molecule is Nc1cc(Cl)cnc1N1CCc2sccc2C1. The van der Waals surface area contributed by atoms with Crippen molar-refractivity contribution in [1.82, 2.24) is 4.98 Å². The number of rotatable bonds is 1. The van der Waals surface area contributed by atoms with E-state index in [9.17, 15) is 0 Å². The van der Waals surface area contributed by atoms with Gasteiger partial charge in [-0.25, -0.2) is 4.98 Å². The first kappa shape index (κ1) is 10.9. The molecule has 1 aliphatic rings. The third kappa shape index (κ3) is 1.98. The summed E-state index contributed by atoms with van der Waals surface area (Å²) in [5, 5.41) is 2.73. The Morgan fingerprint density at radius 3 is 3.18 bits per heavy atom. The van der Waals surface area contributed by atoms with E-state index in [2.05, 4.69) is 21.3 Å². The predicted molar refractivity (Wildman–Crippen MR) is 72.7 cm³/mol. The van der Waals surface area contributed by atoms with Gasteiger partial charge in [-0.2, -0.15) is 0 Å². The maximum atomic E-state index is 5.96. The molecule has 2 N–H and O–H groups in total. The summed E-state index contributed by atoms with van der Waals surface area (Å²) in [6.07, 6.45) is 2.72. The van der Waals surface area contributed by atoms with Gasteiger partial charge in [0.25, 0.3) is 0 Å². The van der Waals surface area contributed by atoms with Crippen LogP contribution in [0.1, 0.15) is 10.4 Å². The van der Waals surface area contributed by atoms with E-state index in [1.54, 1.807) is 12.3 Å². The van der Waals surface area contributed by atoms with E-state index >= 15 is 0 Å². The second-order valence-electron chi connectivity index (χ2n) is 4.11. The molecule has 0 aromatic carbocycles. The highest BCUT2D eigenvalue weighted by molar-refractivity contribution is 7.10. The molecule has 17 heavy (non-hydrogen) atoms. The van der Waals surface area contributed by atoms with Gasteiger partial charge in [-0.05, 0) is 29.5 Å². The summed E-state index contributed by atoms with van der Waals surface area (Å²) < 4.78 is 0. The molecule has 0 amide bonds. The van der Waals surface area contributed by atoms with Crippen LogP contribution in [0.3, 0.4) is 0 Å². The van der Waals surface area contributed by atoms with Crippen molar-refractivity contribution < 1.29 is 0 Å². The molecule has 5 heteroatoms. The van der Waals surface area contributed by atoms with Crippen LogP contribution in [0.4, 0.5) is 11.5 Å². The Morgan fingerprint density at radius 2 is 2.35 bits per heavy atom. The molecule has 0 atom stereocenters. The average Bonchev–Trinajstić information content (AvgIpc) is 2.75. The van der Waals surface area contributed by atoms with Crippen molar-refractivity contribution in [3.8, 4) is 0 Å². The lowest BCUT2D eigenvalue weighted by atomic mass is 10.1. The molecule has 0 saturated carbocycles. The summed E-state index contributed by atoms with van der Waals surface area (Å²) in [4.78, 5) is 8.02. The Bertz CT molecular complexity index is 552. The minimum absolute atomic E-state index is 0.583. The first-order chi connectivity index (χ1) is 8.24. The lowest BCUT2D eigenvalue weighted by molar-refractivity contribution is 0.733. The summed E-state index contributed by atoms with van der Waals surface area (Å²) in [6, 6.07) is 3.94. The average molecular weight is 266 g/mol. The number of thiophene rings is 1. The molecular formula is C12H12ClN3S. The van der Waals surface area contributed by atoms with Crippen LogP contribution in [0.2, 0.25) is 5.02 Å². The van der Waals surface area contributed by atoms with Crippen LogP contribution in [0.25, 0.3) is 0 Å². The lowest BCUT2D eigenvalue weighted by Gasteiger charge is -2.28. The van der Waals surface area contributed by atoms with Crippen molar-refractivity contribution in [1.29, 1.82) is 0 Å². The summed E-state index contributed by atoms with van der Waals surface area (Å²) in [7, 11) is 0. The van der Waals surface area contributed by atoms with Crippen molar-refractivity contribution in [3.05, 3.63) is 39.2 Å². The molecular weight excluding hydrogens is 254 g/mol. The third-order valence-corrected chi connectivity index (χ3v) is 4.20. The third-order valence-electron chi connectivity index (χ3n) is 2.97. The van der Waals surface area contributed by atoms with Crippen LogP contribution in [0.15, 0.2) is 23.7 Å². The molecule has 0 unspecified atom stereocenters. The highest BCUT2D eigenvalue weighted by atomic mass is 35.5. The molecule has 3 nitrogen and oxygen atoms in total. The normalized spacial score (nSPS) is 14.8. The van der Waals surface area contributed by atoms with Crippen molar-refractivity contribution in [2.75, 3.05) is 17.2 Å². The lowest BCUT2D eigenvalue weighted by Crippen LogP contribution is -2.30. The Hall–Kier alpha value is -1.26. The van der Waals surface area contributed by atoms with Gasteiger partial charge in [-0.3, -0.25) is 0 Å². The molecule has 0 radical (unpaired) electrons. The topological polar surface area (TPSA) is 42.1 Å². The Morgan fingerprint density at radius 1 is 1.47 bits per heavy atom. The summed E-state index contributed by atoms with van der Waals surface area (Å²) in [5.74, 6) is 0.839. The number of nitrogens with two attached hydrogens (primary N) is 1. The summed E-state index contributed by atoms with van der Waals surface area (Å²) in [5.41, 5.74) is 8.00. The first-order valence-electron chi connectivity index (χ1n) is 5.45. The monoisotopic (exact) mass is 265 g/mol. The summed E-state index contributed by atoms with van der Waals surface area (Å²) in [6.45, 7) is 1.85. The minimum Gasteiger partial charge on any atom is -0.396 e. The molecule has 0 fully saturated rings. The zero-order valence-electron chi connectivity index (χ0n) is 9.19. The van der Waals surface area contributed by atoms with Gasteiger partial charge >= 0.3 is 0 Å². The minimum atomic E-state index is 0.583. The van der Waals surface area contributed by atoms with Gasteiger partial charge in [0, 0.05) is 24.2 Å². The molecule has 3 heterocycles. The Labute approximate surface area is 109 Å². The molecule has 0 saturated heterocycles. The molecule has 0 bridgehead atoms. The molecule has 3 rings (SSSR count). The van der Waals surface area contributed by atoms with E-state index in [-0.39, 0.29) is 0 Å². The molecule has 2 aromatic heterocycles. The fourth-order valence-electron chi connectivity index (χ4n) is 2.14. The van der Waals surface area contributed by atoms with Gasteiger partial charge in [-0.1, -0.05) is 11.6 Å². The second-order valence-corrected chi connectivity index (χ2v) is 5.54. The van der Waals surface area contributed by atoms with Crippen LogP contribution in [-0.4, -0.2) is 11.5 Å². The van der Waals surface area contributed by atoms with E-state index < -0.39 is 0 Å². The Kier molecular flexibility index (Phi) is 2.68. The van der Waals surface area contributed by atoms with Gasteiger partial charge in [0.1, 0.15) is 0 Å². The maximum Gasteiger partial charge on any atom is 0.152 e. The van der Waals surface area contributed by atoms with Gasteiger partial charge < -0.3 is 10.6 Å². The van der Waals surface area contributed by atoms with Crippen LogP contribution in [0.5, 0.6) is 0 Å². The van der Waals surface area contributed by atoms with E-state index in [0.717, 1.165) is 25.3 Å². The van der Waals surface area contributed by atoms with Crippen molar-refractivity contribution >= 4 is 34.4 Å². The van der Waals surface area contributed by atoms with Gasteiger partial charge in [0.2, 0.25) is 0 Å². The predicted octanol–water partition coefficient (Wildman–Crippen LogP) is 2.94. The number of halogens is 1. The quantitative estimate of drug-likeness (QED) is 0.862. The molecule has 1 aliphatic heterocycles. The maximum absolute atomic E-state index is 5.96. The van der Waals surface area contributed by atoms with Gasteiger partial charge in [0.05, 0.1) is 10.7 Å². The fraction of sp³-hybridized carbons (Fsp3) is 0.250. The number of nitrogens with zero attached hydrogens (tertiary/aromatic N) is 2. The molecule has 0 spiro atoms.